The van der Waals surface area contributed by atoms with E-state index in [1.807, 2.05) is 49.4 Å². The number of aromatic nitrogens is 3. The van der Waals surface area contributed by atoms with E-state index in [1.54, 1.807) is 0 Å². The Hall–Kier alpha value is -3.15. The highest BCUT2D eigenvalue weighted by Crippen LogP contribution is 2.40. The molecular formula is C24H26N4O2. The van der Waals surface area contributed by atoms with Crippen LogP contribution in [0.25, 0.3) is 11.4 Å². The fourth-order valence-corrected chi connectivity index (χ4v) is 4.36. The van der Waals surface area contributed by atoms with E-state index in [4.69, 9.17) is 4.74 Å². The molecule has 2 aliphatic heterocycles. The summed E-state index contributed by atoms with van der Waals surface area (Å²) in [6.45, 7) is 5.13. The highest BCUT2D eigenvalue weighted by molar-refractivity contribution is 6.06. The summed E-state index contributed by atoms with van der Waals surface area (Å²) in [5.41, 5.74) is 3.44. The van der Waals surface area contributed by atoms with Gasteiger partial charge in [0.15, 0.2) is 5.82 Å². The average Bonchev–Trinajstić information content (AvgIpc) is 3.19. The van der Waals surface area contributed by atoms with Crippen LogP contribution in [0.5, 0.6) is 5.75 Å². The predicted octanol–water partition coefficient (Wildman–Crippen LogP) is 4.81. The Morgan fingerprint density at radius 3 is 2.73 bits per heavy atom. The maximum atomic E-state index is 12.9. The molecule has 6 heteroatoms. The molecular weight excluding hydrogens is 376 g/mol. The van der Waals surface area contributed by atoms with Gasteiger partial charge in [-0.05, 0) is 50.1 Å². The van der Waals surface area contributed by atoms with Gasteiger partial charge < -0.3 is 14.6 Å². The molecule has 0 aliphatic carbocycles. The molecule has 1 amide bonds. The number of rotatable bonds is 3. The van der Waals surface area contributed by atoms with Crippen LogP contribution in [0.3, 0.4) is 0 Å². The van der Waals surface area contributed by atoms with Gasteiger partial charge >= 0.3 is 0 Å². The maximum Gasteiger partial charge on any atom is 0.259 e. The number of ether oxygens (including phenoxy) is 1. The van der Waals surface area contributed by atoms with Crippen LogP contribution >= 0.6 is 0 Å². The third kappa shape index (κ3) is 3.26. The first-order valence-corrected chi connectivity index (χ1v) is 10.8. The number of hydrogen-bond donors (Lipinski definition) is 1. The van der Waals surface area contributed by atoms with Crippen molar-refractivity contribution < 1.29 is 9.53 Å². The SMILES string of the molecule is C[C@H]1Oc2c(C(=O)Nc3ccc(-c4nnc5n4CCCCC5)cc3)cccc2[C@@H]1C. The normalized spacial score (nSPS) is 20.1. The molecule has 1 aromatic heterocycles. The van der Waals surface area contributed by atoms with Gasteiger partial charge in [-0.3, -0.25) is 4.79 Å². The zero-order valence-corrected chi connectivity index (χ0v) is 17.4. The van der Waals surface area contributed by atoms with Gasteiger partial charge in [-0.15, -0.1) is 10.2 Å². The van der Waals surface area contributed by atoms with Crippen LogP contribution in [-0.2, 0) is 13.0 Å². The highest BCUT2D eigenvalue weighted by atomic mass is 16.5. The van der Waals surface area contributed by atoms with E-state index < -0.39 is 0 Å². The lowest BCUT2D eigenvalue weighted by Crippen LogP contribution is -2.14. The summed E-state index contributed by atoms with van der Waals surface area (Å²) in [7, 11) is 0. The molecule has 2 aromatic carbocycles. The third-order valence-corrected chi connectivity index (χ3v) is 6.30. The lowest BCUT2D eigenvalue weighted by molar-refractivity contribution is 0.102. The number of carbonyl (C=O) groups excluding carboxylic acids is 1. The first kappa shape index (κ1) is 18.9. The zero-order valence-electron chi connectivity index (χ0n) is 17.4. The summed E-state index contributed by atoms with van der Waals surface area (Å²) >= 11 is 0. The number of nitrogens with zero attached hydrogens (tertiary/aromatic N) is 3. The predicted molar refractivity (Wildman–Crippen MR) is 116 cm³/mol. The molecule has 6 nitrogen and oxygen atoms in total. The Morgan fingerprint density at radius 2 is 1.90 bits per heavy atom. The third-order valence-electron chi connectivity index (χ3n) is 6.30. The minimum atomic E-state index is -0.155. The quantitative estimate of drug-likeness (QED) is 0.683. The van der Waals surface area contributed by atoms with E-state index in [9.17, 15) is 4.79 Å². The summed E-state index contributed by atoms with van der Waals surface area (Å²) < 4.78 is 8.19. The Labute approximate surface area is 176 Å². The molecule has 1 N–H and O–H groups in total. The van der Waals surface area contributed by atoms with Gasteiger partial charge in [-0.2, -0.15) is 0 Å². The van der Waals surface area contributed by atoms with Crippen molar-refractivity contribution in [2.24, 2.45) is 0 Å². The van der Waals surface area contributed by atoms with Crippen LogP contribution in [0, 0.1) is 0 Å². The van der Waals surface area contributed by atoms with Crippen molar-refractivity contribution in [2.75, 3.05) is 5.32 Å². The maximum absolute atomic E-state index is 12.9. The van der Waals surface area contributed by atoms with E-state index in [0.29, 0.717) is 11.3 Å². The average molecular weight is 402 g/mol. The molecule has 5 rings (SSSR count). The van der Waals surface area contributed by atoms with E-state index >= 15 is 0 Å². The van der Waals surface area contributed by atoms with Crippen LogP contribution in [0.4, 0.5) is 5.69 Å². The van der Waals surface area contributed by atoms with E-state index in [0.717, 1.165) is 47.8 Å². The first-order chi connectivity index (χ1) is 14.6. The molecule has 30 heavy (non-hydrogen) atoms. The minimum Gasteiger partial charge on any atom is -0.489 e. The molecule has 2 atom stereocenters. The second kappa shape index (κ2) is 7.59. The summed E-state index contributed by atoms with van der Waals surface area (Å²) in [5.74, 6) is 2.81. The summed E-state index contributed by atoms with van der Waals surface area (Å²) in [4.78, 5) is 12.9. The van der Waals surface area contributed by atoms with Gasteiger partial charge in [0.2, 0.25) is 0 Å². The Bertz CT molecular complexity index is 1090. The molecule has 0 unspecified atom stereocenters. The number of benzene rings is 2. The second-order valence-corrected chi connectivity index (χ2v) is 8.27. The van der Waals surface area contributed by atoms with Crippen molar-refractivity contribution in [1.82, 2.24) is 14.8 Å². The van der Waals surface area contributed by atoms with Crippen LogP contribution < -0.4 is 10.1 Å². The number of nitrogens with one attached hydrogen (secondary N) is 1. The Balaban J connectivity index is 1.36. The number of hydrogen-bond acceptors (Lipinski definition) is 4. The molecule has 0 spiro atoms. The zero-order chi connectivity index (χ0) is 20.7. The molecule has 0 fully saturated rings. The van der Waals surface area contributed by atoms with Gasteiger partial charge in [0, 0.05) is 35.7 Å². The fourth-order valence-electron chi connectivity index (χ4n) is 4.36. The van der Waals surface area contributed by atoms with Gasteiger partial charge in [-0.1, -0.05) is 25.5 Å². The van der Waals surface area contributed by atoms with Crippen molar-refractivity contribution in [3.63, 3.8) is 0 Å². The summed E-state index contributed by atoms with van der Waals surface area (Å²) in [6, 6.07) is 13.6. The van der Waals surface area contributed by atoms with Crippen molar-refractivity contribution in [2.45, 2.75) is 58.1 Å². The summed E-state index contributed by atoms with van der Waals surface area (Å²) in [6.07, 6.45) is 4.63. The van der Waals surface area contributed by atoms with Gasteiger partial charge in [0.1, 0.15) is 17.7 Å². The molecule has 3 heterocycles. The first-order valence-electron chi connectivity index (χ1n) is 10.8. The number of fused-ring (bicyclic) bond motifs is 2. The minimum absolute atomic E-state index is 0.0755. The molecule has 154 valence electrons. The van der Waals surface area contributed by atoms with Crippen LogP contribution in [0.2, 0.25) is 0 Å². The Morgan fingerprint density at radius 1 is 1.07 bits per heavy atom. The molecule has 0 saturated heterocycles. The van der Waals surface area contributed by atoms with E-state index in [-0.39, 0.29) is 17.9 Å². The standard InChI is InChI=1S/C24H26N4O2/c1-15-16(2)30-22-19(15)7-6-8-20(22)24(29)25-18-12-10-17(11-13-18)23-27-26-21-9-4-3-5-14-28(21)23/h6-8,10-13,15-16H,3-5,9,14H2,1-2H3,(H,25,29)/t15-,16-/m1/s1. The Kier molecular flexibility index (Phi) is 4.77. The van der Waals surface area contributed by atoms with Crippen molar-refractivity contribution in [3.05, 3.63) is 59.4 Å². The van der Waals surface area contributed by atoms with Crippen molar-refractivity contribution in [1.29, 1.82) is 0 Å². The second-order valence-electron chi connectivity index (χ2n) is 8.27. The van der Waals surface area contributed by atoms with Crippen molar-refractivity contribution >= 4 is 11.6 Å². The lowest BCUT2D eigenvalue weighted by atomic mass is 9.97. The largest absolute Gasteiger partial charge is 0.489 e. The van der Waals surface area contributed by atoms with Crippen molar-refractivity contribution in [3.8, 4) is 17.1 Å². The number of anilines is 1. The lowest BCUT2D eigenvalue weighted by Gasteiger charge is -2.11. The topological polar surface area (TPSA) is 69.0 Å². The molecule has 0 bridgehead atoms. The molecule has 2 aliphatic rings. The van der Waals surface area contributed by atoms with Gasteiger partial charge in [-0.25, -0.2) is 0 Å². The van der Waals surface area contributed by atoms with E-state index in [1.165, 1.54) is 12.8 Å². The molecule has 0 saturated carbocycles. The highest BCUT2D eigenvalue weighted by Gasteiger charge is 2.31. The fraction of sp³-hybridized carbons (Fsp3) is 0.375. The number of amides is 1. The smallest absolute Gasteiger partial charge is 0.259 e. The van der Waals surface area contributed by atoms with E-state index in [2.05, 4.69) is 27.0 Å². The van der Waals surface area contributed by atoms with Crippen LogP contribution in [0.1, 0.15) is 60.8 Å². The number of para-hydroxylation sites is 1. The van der Waals surface area contributed by atoms with Crippen LogP contribution in [-0.4, -0.2) is 26.8 Å². The summed E-state index contributed by atoms with van der Waals surface area (Å²) in [5, 5.41) is 11.8. The van der Waals surface area contributed by atoms with Crippen LogP contribution in [0.15, 0.2) is 42.5 Å². The molecule has 0 radical (unpaired) electrons. The molecule has 3 aromatic rings. The van der Waals surface area contributed by atoms with Gasteiger partial charge in [0.25, 0.3) is 5.91 Å². The monoisotopic (exact) mass is 402 g/mol. The number of carbonyl (C=O) groups is 1. The van der Waals surface area contributed by atoms with Gasteiger partial charge in [0.05, 0.1) is 5.56 Å². The number of aryl methyl sites for hydroxylation is 1.